The number of para-hydroxylation sites is 4. The van der Waals surface area contributed by atoms with Crippen LogP contribution in [0.2, 0.25) is 0 Å². The Morgan fingerprint density at radius 1 is 0.562 bits per heavy atom. The predicted molar refractivity (Wildman–Crippen MR) is 121 cm³/mol. The van der Waals surface area contributed by atoms with Crippen LogP contribution < -0.4 is 20.4 Å². The van der Waals surface area contributed by atoms with Crippen molar-refractivity contribution in [3.8, 4) is 0 Å². The van der Waals surface area contributed by atoms with Crippen molar-refractivity contribution in [1.29, 1.82) is 0 Å². The lowest BCUT2D eigenvalue weighted by molar-refractivity contribution is -0.124. The normalized spacial score (nSPS) is 15.3. The monoisotopic (exact) mass is 422 g/mol. The van der Waals surface area contributed by atoms with Crippen LogP contribution in [0, 0.1) is 0 Å². The van der Waals surface area contributed by atoms with E-state index in [-0.39, 0.29) is 5.57 Å². The Bertz CT molecular complexity index is 1190. The summed E-state index contributed by atoms with van der Waals surface area (Å²) in [7, 11) is 0. The summed E-state index contributed by atoms with van der Waals surface area (Å²) < 4.78 is 0. The zero-order valence-corrected chi connectivity index (χ0v) is 16.9. The fourth-order valence-corrected chi connectivity index (χ4v) is 3.82. The summed E-state index contributed by atoms with van der Waals surface area (Å²) in [6.45, 7) is 0. The molecule has 0 spiro atoms. The first-order valence-corrected chi connectivity index (χ1v) is 10.0. The third-order valence-corrected chi connectivity index (χ3v) is 5.19. The first kappa shape index (κ1) is 19.3. The van der Waals surface area contributed by atoms with Crippen molar-refractivity contribution in [2.75, 3.05) is 9.80 Å². The molecule has 3 aromatic carbocycles. The highest BCUT2D eigenvalue weighted by Gasteiger charge is 2.33. The molecule has 0 aromatic heterocycles. The number of barbiturate groups is 1. The molecule has 1 fully saturated rings. The van der Waals surface area contributed by atoms with Crippen molar-refractivity contribution in [3.63, 3.8) is 0 Å². The van der Waals surface area contributed by atoms with E-state index in [0.29, 0.717) is 0 Å². The summed E-state index contributed by atoms with van der Waals surface area (Å²) in [4.78, 5) is 40.0. The summed E-state index contributed by atoms with van der Waals surface area (Å²) >= 11 is 0. The molecule has 2 aliphatic rings. The second-order valence-electron chi connectivity index (χ2n) is 7.17. The molecule has 7 nitrogen and oxygen atoms in total. The van der Waals surface area contributed by atoms with Crippen LogP contribution in [0.4, 0.5) is 27.5 Å². The van der Waals surface area contributed by atoms with E-state index in [1.54, 1.807) is 6.08 Å². The number of amides is 4. The summed E-state index contributed by atoms with van der Waals surface area (Å²) in [5.41, 5.74) is 3.63. The van der Waals surface area contributed by atoms with Gasteiger partial charge in [-0.3, -0.25) is 30.0 Å². The number of rotatable bonds is 3. The third-order valence-electron chi connectivity index (χ3n) is 5.19. The minimum atomic E-state index is -0.824. The van der Waals surface area contributed by atoms with E-state index < -0.39 is 17.8 Å². The summed E-state index contributed by atoms with van der Waals surface area (Å²) in [5, 5.41) is 4.21. The van der Waals surface area contributed by atoms with Gasteiger partial charge in [-0.05, 0) is 48.6 Å². The largest absolute Gasteiger partial charge is 0.328 e. The molecule has 1 saturated heterocycles. The van der Waals surface area contributed by atoms with Crippen LogP contribution in [0.1, 0.15) is 0 Å². The molecule has 2 aliphatic heterocycles. The van der Waals surface area contributed by atoms with Crippen molar-refractivity contribution in [2.45, 2.75) is 0 Å². The molecule has 0 aliphatic carbocycles. The molecule has 0 atom stereocenters. The number of hydrogen-bond acceptors (Lipinski definition) is 5. The van der Waals surface area contributed by atoms with Gasteiger partial charge in [0.15, 0.2) is 0 Å². The van der Waals surface area contributed by atoms with Crippen LogP contribution in [-0.4, -0.2) is 17.8 Å². The third kappa shape index (κ3) is 3.31. The van der Waals surface area contributed by atoms with Gasteiger partial charge < -0.3 is 0 Å². The van der Waals surface area contributed by atoms with Gasteiger partial charge in [-0.15, -0.1) is 0 Å². The van der Waals surface area contributed by atoms with E-state index in [0.717, 1.165) is 28.6 Å². The van der Waals surface area contributed by atoms with Gasteiger partial charge in [0.2, 0.25) is 0 Å². The van der Waals surface area contributed by atoms with Crippen molar-refractivity contribution in [2.24, 2.45) is 0 Å². The fraction of sp³-hybridized carbons (Fsp3) is 0. The number of allylic oxidation sites excluding steroid dienone is 2. The molecule has 7 heteroatoms. The lowest BCUT2D eigenvalue weighted by Gasteiger charge is -2.25. The molecule has 156 valence electrons. The maximum Gasteiger partial charge on any atom is 0.328 e. The number of urea groups is 1. The molecule has 2 N–H and O–H groups in total. The number of nitrogens with zero attached hydrogens (tertiary/aromatic N) is 2. The molecule has 0 unspecified atom stereocenters. The molecule has 0 bridgehead atoms. The van der Waals surface area contributed by atoms with Crippen molar-refractivity contribution in [1.82, 2.24) is 10.6 Å². The summed E-state index contributed by atoms with van der Waals surface area (Å²) in [5.74, 6) is -0.735. The zero-order chi connectivity index (χ0) is 22.1. The fourth-order valence-electron chi connectivity index (χ4n) is 3.82. The average molecular weight is 422 g/mol. The first-order valence-electron chi connectivity index (χ1n) is 10.0. The number of nitrogens with one attached hydrogen (secondary N) is 2. The van der Waals surface area contributed by atoms with Gasteiger partial charge in [0.25, 0.3) is 11.8 Å². The number of anilines is 4. The highest BCUT2D eigenvalue weighted by molar-refractivity contribution is 6.29. The second kappa shape index (κ2) is 7.88. The molecule has 5 rings (SSSR count). The van der Waals surface area contributed by atoms with E-state index in [9.17, 15) is 14.4 Å². The second-order valence-corrected chi connectivity index (χ2v) is 7.17. The van der Waals surface area contributed by atoms with Crippen LogP contribution in [-0.2, 0) is 9.59 Å². The van der Waals surface area contributed by atoms with Crippen LogP contribution in [0.5, 0.6) is 0 Å². The Hall–Kier alpha value is -4.65. The lowest BCUT2D eigenvalue weighted by Crippen LogP contribution is -2.51. The quantitative estimate of drug-likeness (QED) is 0.490. The van der Waals surface area contributed by atoms with Gasteiger partial charge >= 0.3 is 6.03 Å². The highest BCUT2D eigenvalue weighted by atomic mass is 16.2. The van der Waals surface area contributed by atoms with Gasteiger partial charge in [0.1, 0.15) is 11.4 Å². The Labute approximate surface area is 184 Å². The topological polar surface area (TPSA) is 81.8 Å². The number of hydrogen-bond donors (Lipinski definition) is 2. The molecular formula is C25H18N4O3. The van der Waals surface area contributed by atoms with Crippen molar-refractivity contribution >= 4 is 40.6 Å². The van der Waals surface area contributed by atoms with Crippen LogP contribution in [0.25, 0.3) is 0 Å². The Morgan fingerprint density at radius 3 is 1.47 bits per heavy atom. The number of carbonyl (C=O) groups is 3. The van der Waals surface area contributed by atoms with Gasteiger partial charge in [0, 0.05) is 11.4 Å². The summed E-state index contributed by atoms with van der Waals surface area (Å²) in [6.07, 6.45) is 3.15. The molecule has 0 radical (unpaired) electrons. The van der Waals surface area contributed by atoms with E-state index in [4.69, 9.17) is 0 Å². The Balaban J connectivity index is 1.70. The van der Waals surface area contributed by atoms with Crippen LogP contribution >= 0.6 is 0 Å². The van der Waals surface area contributed by atoms with Gasteiger partial charge in [-0.25, -0.2) is 4.79 Å². The van der Waals surface area contributed by atoms with Gasteiger partial charge in [-0.1, -0.05) is 48.5 Å². The minimum Gasteiger partial charge on any atom is -0.294 e. The molecular weight excluding hydrogens is 404 g/mol. The zero-order valence-electron chi connectivity index (χ0n) is 16.9. The summed E-state index contributed by atoms with van der Waals surface area (Å²) in [6, 6.07) is 26.8. The number of benzene rings is 3. The highest BCUT2D eigenvalue weighted by Crippen LogP contribution is 2.49. The van der Waals surface area contributed by atoms with Crippen molar-refractivity contribution in [3.05, 3.63) is 108 Å². The molecule has 32 heavy (non-hydrogen) atoms. The maximum atomic E-state index is 12.2. The van der Waals surface area contributed by atoms with Crippen LogP contribution in [0.15, 0.2) is 108 Å². The minimum absolute atomic E-state index is 0.144. The molecule has 0 saturated carbocycles. The Morgan fingerprint density at radius 2 is 1.00 bits per heavy atom. The molecule has 4 amide bonds. The van der Waals surface area contributed by atoms with Crippen LogP contribution in [0.3, 0.4) is 0 Å². The van der Waals surface area contributed by atoms with Crippen molar-refractivity contribution < 1.29 is 14.4 Å². The average Bonchev–Trinajstić information content (AvgIpc) is 3.13. The number of fused-ring (bicyclic) bond motifs is 1. The van der Waals surface area contributed by atoms with E-state index in [2.05, 4.69) is 20.4 Å². The van der Waals surface area contributed by atoms with E-state index in [1.165, 1.54) is 6.08 Å². The first-order chi connectivity index (χ1) is 15.6. The van der Waals surface area contributed by atoms with E-state index >= 15 is 0 Å². The predicted octanol–water partition coefficient (Wildman–Crippen LogP) is 4.11. The maximum absolute atomic E-state index is 12.2. The van der Waals surface area contributed by atoms with E-state index in [1.807, 2.05) is 84.9 Å². The standard InChI is InChI=1S/C25H18N4O3/c30-23-19(24(31)27-25(32)26-23)15-16-22-28(17-9-3-1-4-10-17)20-13-7-8-14-21(20)29(22)18-11-5-2-6-12-18/h1-16H,(H2,26,27,30,31,32). The number of imide groups is 2. The smallest absolute Gasteiger partial charge is 0.294 e. The molecule has 3 aromatic rings. The number of carbonyl (C=O) groups excluding carboxylic acids is 3. The lowest BCUT2D eigenvalue weighted by atomic mass is 10.1. The molecule has 2 heterocycles. The SMILES string of the molecule is O=C1NC(=O)C(=CC=C2N(c3ccccc3)c3ccccc3N2c2ccccc2)C(=O)N1. The van der Waals surface area contributed by atoms with Gasteiger partial charge in [-0.2, -0.15) is 0 Å². The van der Waals surface area contributed by atoms with Gasteiger partial charge in [0.05, 0.1) is 11.4 Å². The Kier molecular flexibility index (Phi) is 4.76.